The van der Waals surface area contributed by atoms with Gasteiger partial charge in [-0.05, 0) is 64.1 Å². The molecule has 0 N–H and O–H groups in total. The SMILES string of the molecule is [B][P+]1(c2ccccc2)c2ccccc2-c2sc(-c3cc(C)sc3C)c(-c3cc(C)sc3C)c21. The van der Waals surface area contributed by atoms with Crippen molar-refractivity contribution in [2.45, 2.75) is 27.7 Å². The maximum Gasteiger partial charge on any atom is 0.383 e. The molecule has 0 saturated carbocycles. The molecule has 1 unspecified atom stereocenters. The number of benzene rings is 2. The fraction of sp³-hybridized carbons (Fsp3) is 0.143. The van der Waals surface area contributed by atoms with Gasteiger partial charge in [-0.3, -0.25) is 0 Å². The van der Waals surface area contributed by atoms with E-state index in [0.29, 0.717) is 0 Å². The lowest BCUT2D eigenvalue weighted by molar-refractivity contribution is 1.58. The van der Waals surface area contributed by atoms with Gasteiger partial charge in [0.2, 0.25) is 0 Å². The van der Waals surface area contributed by atoms with Crippen LogP contribution in [0.5, 0.6) is 0 Å². The molecule has 5 heteroatoms. The highest BCUT2D eigenvalue weighted by atomic mass is 32.1. The quantitative estimate of drug-likeness (QED) is 0.176. The molecule has 33 heavy (non-hydrogen) atoms. The first-order valence-corrected chi connectivity index (χ1v) is 15.4. The molecule has 2 radical (unpaired) electrons. The molecule has 1 aliphatic heterocycles. The summed E-state index contributed by atoms with van der Waals surface area (Å²) in [6.07, 6.45) is 0. The molecule has 0 fully saturated rings. The van der Waals surface area contributed by atoms with Crippen molar-refractivity contribution in [3.63, 3.8) is 0 Å². The third kappa shape index (κ3) is 3.12. The van der Waals surface area contributed by atoms with Crippen LogP contribution in [0.25, 0.3) is 32.0 Å². The molecular weight excluding hydrogens is 474 g/mol. The highest BCUT2D eigenvalue weighted by molar-refractivity contribution is 8.14. The Morgan fingerprint density at radius 3 is 1.88 bits per heavy atom. The van der Waals surface area contributed by atoms with Gasteiger partial charge >= 0.3 is 7.57 Å². The van der Waals surface area contributed by atoms with Crippen molar-refractivity contribution in [3.8, 4) is 32.0 Å². The first kappa shape index (κ1) is 21.6. The van der Waals surface area contributed by atoms with Gasteiger partial charge in [-0.15, -0.1) is 34.0 Å². The molecule has 2 aromatic carbocycles. The van der Waals surface area contributed by atoms with Gasteiger partial charge in [0.05, 0.1) is 22.6 Å². The Morgan fingerprint density at radius 1 is 0.636 bits per heavy atom. The van der Waals surface area contributed by atoms with E-state index in [1.807, 2.05) is 34.0 Å². The van der Waals surface area contributed by atoms with Crippen LogP contribution in [0.1, 0.15) is 19.5 Å². The van der Waals surface area contributed by atoms with Gasteiger partial charge < -0.3 is 0 Å². The van der Waals surface area contributed by atoms with Crippen LogP contribution in [0.4, 0.5) is 0 Å². The van der Waals surface area contributed by atoms with E-state index in [-0.39, 0.29) is 0 Å². The van der Waals surface area contributed by atoms with Crippen molar-refractivity contribution in [3.05, 3.63) is 86.2 Å². The average molecular weight is 497 g/mol. The number of hydrogen-bond acceptors (Lipinski definition) is 3. The minimum Gasteiger partial charge on any atom is -0.145 e. The smallest absolute Gasteiger partial charge is 0.145 e. The minimum atomic E-state index is -2.26. The van der Waals surface area contributed by atoms with Crippen molar-refractivity contribution in [2.75, 3.05) is 0 Å². The van der Waals surface area contributed by atoms with E-state index in [9.17, 15) is 0 Å². The topological polar surface area (TPSA) is 0 Å². The Balaban J connectivity index is 1.78. The normalized spacial score (nSPS) is 16.7. The summed E-state index contributed by atoms with van der Waals surface area (Å²) < 4.78 is 0. The average Bonchev–Trinajstić information content (AvgIpc) is 3.51. The van der Waals surface area contributed by atoms with Gasteiger partial charge in [0.15, 0.2) is 0 Å². The third-order valence-electron chi connectivity index (χ3n) is 6.52. The monoisotopic (exact) mass is 497 g/mol. The van der Waals surface area contributed by atoms with Crippen LogP contribution in [0.3, 0.4) is 0 Å². The molecule has 1 atom stereocenters. The maximum atomic E-state index is 7.66. The zero-order valence-electron chi connectivity index (χ0n) is 19.1. The molecule has 0 nitrogen and oxygen atoms in total. The summed E-state index contributed by atoms with van der Waals surface area (Å²) in [5.74, 6) is 0. The Hall–Kier alpha value is -1.97. The summed E-state index contributed by atoms with van der Waals surface area (Å²) in [4.78, 5) is 8.20. The van der Waals surface area contributed by atoms with E-state index in [0.717, 1.165) is 0 Å². The Kier molecular flexibility index (Phi) is 5.09. The van der Waals surface area contributed by atoms with Gasteiger partial charge in [0.25, 0.3) is 0 Å². The summed E-state index contributed by atoms with van der Waals surface area (Å²) in [5.41, 5.74) is 5.41. The molecule has 0 amide bonds. The lowest BCUT2D eigenvalue weighted by Gasteiger charge is -2.21. The molecule has 3 aromatic heterocycles. The Labute approximate surface area is 209 Å². The summed E-state index contributed by atoms with van der Waals surface area (Å²) >= 11 is 5.71. The van der Waals surface area contributed by atoms with Gasteiger partial charge in [-0.1, -0.05) is 30.3 Å². The Morgan fingerprint density at radius 2 is 1.24 bits per heavy atom. The van der Waals surface area contributed by atoms with Crippen LogP contribution in [-0.2, 0) is 0 Å². The molecule has 6 rings (SSSR count). The second-order valence-electron chi connectivity index (χ2n) is 8.71. The Bertz CT molecular complexity index is 1520. The molecule has 5 aromatic rings. The van der Waals surface area contributed by atoms with Crippen molar-refractivity contribution in [1.82, 2.24) is 0 Å². The number of thiophene rings is 3. The number of rotatable bonds is 3. The highest BCUT2D eigenvalue weighted by Crippen LogP contribution is 2.64. The first-order chi connectivity index (χ1) is 15.9. The van der Waals surface area contributed by atoms with E-state index in [1.165, 1.54) is 67.4 Å². The summed E-state index contributed by atoms with van der Waals surface area (Å²) in [5, 5.41) is 3.94. The minimum absolute atomic E-state index is 1.25. The van der Waals surface area contributed by atoms with Crippen molar-refractivity contribution in [2.24, 2.45) is 0 Å². The van der Waals surface area contributed by atoms with E-state index < -0.39 is 7.14 Å². The fourth-order valence-electron chi connectivity index (χ4n) is 5.14. The zero-order valence-corrected chi connectivity index (χ0v) is 22.4. The van der Waals surface area contributed by atoms with Gasteiger partial charge in [-0.2, -0.15) is 0 Å². The van der Waals surface area contributed by atoms with Crippen molar-refractivity contribution >= 4 is 64.6 Å². The standard InChI is InChI=1S/C28H23BPS3/c1-16-14-22(18(3)31-16)25-26-28(33-27(25)23-15-17(2)32-19(23)4)21-12-8-9-13-24(21)30(26,29)20-10-6-5-7-11-20/h5-15H,1-4H3/q+1. The van der Waals surface area contributed by atoms with Crippen LogP contribution >= 0.6 is 41.2 Å². The highest BCUT2D eigenvalue weighted by Gasteiger charge is 2.53. The fourth-order valence-corrected chi connectivity index (χ4v) is 12.4. The zero-order chi connectivity index (χ0) is 22.9. The first-order valence-electron chi connectivity index (χ1n) is 11.0. The molecule has 0 spiro atoms. The summed E-state index contributed by atoms with van der Waals surface area (Å²) in [6.45, 7) is 8.93. The van der Waals surface area contributed by atoms with Gasteiger partial charge in [0.1, 0.15) is 5.30 Å². The van der Waals surface area contributed by atoms with Crippen LogP contribution in [0.2, 0.25) is 0 Å². The second kappa shape index (κ2) is 7.78. The molecule has 4 heterocycles. The van der Waals surface area contributed by atoms with Crippen LogP contribution < -0.4 is 15.9 Å². The molecule has 0 aliphatic carbocycles. The van der Waals surface area contributed by atoms with Crippen LogP contribution in [0, 0.1) is 27.7 Å². The largest absolute Gasteiger partial charge is 0.383 e. The number of aryl methyl sites for hydroxylation is 4. The van der Waals surface area contributed by atoms with Crippen LogP contribution in [-0.4, -0.2) is 7.57 Å². The van der Waals surface area contributed by atoms with Gasteiger partial charge in [0, 0.05) is 46.6 Å². The van der Waals surface area contributed by atoms with E-state index in [4.69, 9.17) is 7.57 Å². The predicted molar refractivity (Wildman–Crippen MR) is 153 cm³/mol. The van der Waals surface area contributed by atoms with Gasteiger partial charge in [-0.25, -0.2) is 0 Å². The van der Waals surface area contributed by atoms with Crippen LogP contribution in [0.15, 0.2) is 66.7 Å². The maximum absolute atomic E-state index is 7.66. The van der Waals surface area contributed by atoms with Crippen molar-refractivity contribution < 1.29 is 0 Å². The second-order valence-corrected chi connectivity index (χ2v) is 15.5. The molecule has 0 bridgehead atoms. The summed E-state index contributed by atoms with van der Waals surface area (Å²) in [7, 11) is 5.40. The van der Waals surface area contributed by atoms with E-state index >= 15 is 0 Å². The van der Waals surface area contributed by atoms with E-state index in [1.54, 1.807) is 0 Å². The van der Waals surface area contributed by atoms with E-state index in [2.05, 4.69) is 94.4 Å². The molecule has 1 aliphatic rings. The molecular formula is C28H23BPS3+. The third-order valence-corrected chi connectivity index (χ3v) is 13.3. The number of hydrogen-bond donors (Lipinski definition) is 0. The van der Waals surface area contributed by atoms with Crippen molar-refractivity contribution in [1.29, 1.82) is 0 Å². The lowest BCUT2D eigenvalue weighted by Crippen LogP contribution is -2.28. The summed E-state index contributed by atoms with van der Waals surface area (Å²) in [6, 6.07) is 24.4. The molecule has 160 valence electrons. The predicted octanol–water partition coefficient (Wildman–Crippen LogP) is 7.80. The lowest BCUT2D eigenvalue weighted by atomic mass is 10.0. The number of fused-ring (bicyclic) bond motifs is 3. The molecule has 0 saturated heterocycles.